The maximum atomic E-state index is 11.4. The normalized spacial score (nSPS) is 10.2. The summed E-state index contributed by atoms with van der Waals surface area (Å²) in [7, 11) is 0. The lowest BCUT2D eigenvalue weighted by Gasteiger charge is -2.12. The molecule has 110 valence electrons. The van der Waals surface area contributed by atoms with Crippen molar-refractivity contribution in [1.29, 1.82) is 0 Å². The Balaban J connectivity index is 2.15. The van der Waals surface area contributed by atoms with Crippen molar-refractivity contribution in [2.24, 2.45) is 5.84 Å². The maximum absolute atomic E-state index is 11.4. The third-order valence-electron chi connectivity index (χ3n) is 2.92. The third-order valence-corrected chi connectivity index (χ3v) is 3.52. The molecule has 6 heteroatoms. The summed E-state index contributed by atoms with van der Waals surface area (Å²) in [6.07, 6.45) is 0.187. The second-order valence-electron chi connectivity index (χ2n) is 4.35. The first-order valence-corrected chi connectivity index (χ1v) is 7.00. The van der Waals surface area contributed by atoms with Gasteiger partial charge >= 0.3 is 0 Å². The third kappa shape index (κ3) is 4.11. The van der Waals surface area contributed by atoms with Crippen molar-refractivity contribution in [2.75, 3.05) is 0 Å². The summed E-state index contributed by atoms with van der Waals surface area (Å²) < 4.78 is 5.68. The highest BCUT2D eigenvalue weighted by Gasteiger charge is 2.10. The summed E-state index contributed by atoms with van der Waals surface area (Å²) in [5.41, 5.74) is 3.82. The number of hydrazine groups is 1. The molecule has 0 spiro atoms. The molecule has 0 saturated heterocycles. The minimum Gasteiger partial charge on any atom is -0.486 e. The first-order valence-electron chi connectivity index (χ1n) is 6.25. The molecule has 21 heavy (non-hydrogen) atoms. The summed E-state index contributed by atoms with van der Waals surface area (Å²) in [5.74, 6) is 5.27. The Kier molecular flexibility index (Phi) is 5.44. The molecule has 2 rings (SSSR count). The van der Waals surface area contributed by atoms with Gasteiger partial charge in [0.2, 0.25) is 5.91 Å². The van der Waals surface area contributed by atoms with E-state index in [0.29, 0.717) is 15.8 Å². The van der Waals surface area contributed by atoms with E-state index >= 15 is 0 Å². The maximum Gasteiger partial charge on any atom is 0.238 e. The quantitative estimate of drug-likeness (QED) is 0.504. The van der Waals surface area contributed by atoms with Gasteiger partial charge in [-0.3, -0.25) is 10.2 Å². The van der Waals surface area contributed by atoms with Gasteiger partial charge < -0.3 is 4.74 Å². The molecule has 0 heterocycles. The first kappa shape index (κ1) is 15.6. The molecule has 0 aliphatic carbocycles. The van der Waals surface area contributed by atoms with Gasteiger partial charge in [-0.1, -0.05) is 53.5 Å². The van der Waals surface area contributed by atoms with Gasteiger partial charge in [-0.05, 0) is 23.3 Å². The zero-order valence-corrected chi connectivity index (χ0v) is 12.6. The smallest absolute Gasteiger partial charge is 0.238 e. The minimum atomic E-state index is -0.266. The number of nitrogens with one attached hydrogen (secondary N) is 1. The number of hydrogen-bond acceptors (Lipinski definition) is 3. The molecule has 0 fully saturated rings. The van der Waals surface area contributed by atoms with Crippen molar-refractivity contribution in [3.05, 3.63) is 63.6 Å². The molecule has 0 radical (unpaired) electrons. The van der Waals surface area contributed by atoms with Gasteiger partial charge in [-0.2, -0.15) is 0 Å². The number of benzene rings is 2. The number of para-hydroxylation sites is 1. The summed E-state index contributed by atoms with van der Waals surface area (Å²) in [4.78, 5) is 11.4. The number of carbonyl (C=O) groups is 1. The minimum absolute atomic E-state index is 0.187. The van der Waals surface area contributed by atoms with Crippen molar-refractivity contribution in [2.45, 2.75) is 13.0 Å². The Hall–Kier alpha value is -1.75. The van der Waals surface area contributed by atoms with Gasteiger partial charge in [0.15, 0.2) is 5.75 Å². The van der Waals surface area contributed by atoms with Crippen LogP contribution in [0.4, 0.5) is 0 Å². The number of amides is 1. The highest BCUT2D eigenvalue weighted by molar-refractivity contribution is 6.37. The summed E-state index contributed by atoms with van der Waals surface area (Å²) >= 11 is 12.1. The molecule has 3 N–H and O–H groups in total. The Labute approximate surface area is 132 Å². The van der Waals surface area contributed by atoms with Crippen LogP contribution in [0.5, 0.6) is 5.75 Å². The summed E-state index contributed by atoms with van der Waals surface area (Å²) in [6, 6.07) is 12.6. The first-order chi connectivity index (χ1) is 10.1. The van der Waals surface area contributed by atoms with E-state index in [9.17, 15) is 4.79 Å². The molecular weight excluding hydrogens is 311 g/mol. The van der Waals surface area contributed by atoms with Crippen molar-refractivity contribution in [1.82, 2.24) is 5.43 Å². The molecule has 2 aromatic carbocycles. The van der Waals surface area contributed by atoms with Crippen molar-refractivity contribution in [3.63, 3.8) is 0 Å². The van der Waals surface area contributed by atoms with Gasteiger partial charge in [0.25, 0.3) is 0 Å². The van der Waals surface area contributed by atoms with E-state index in [-0.39, 0.29) is 18.9 Å². The standard InChI is InChI=1S/C15H14Cl2N2O2/c16-12-6-3-7-13(17)15(12)21-9-11-5-2-1-4-10(11)8-14(20)19-18/h1-7H,8-9,18H2,(H,19,20). The van der Waals surface area contributed by atoms with E-state index in [0.717, 1.165) is 11.1 Å². The Bertz CT molecular complexity index is 627. The number of hydrogen-bond donors (Lipinski definition) is 2. The molecule has 0 unspecified atom stereocenters. The van der Waals surface area contributed by atoms with Crippen molar-refractivity contribution in [3.8, 4) is 5.75 Å². The topological polar surface area (TPSA) is 64.3 Å². The Morgan fingerprint density at radius 2 is 1.67 bits per heavy atom. The highest BCUT2D eigenvalue weighted by atomic mass is 35.5. The zero-order chi connectivity index (χ0) is 15.2. The van der Waals surface area contributed by atoms with Crippen LogP contribution in [-0.4, -0.2) is 5.91 Å². The average molecular weight is 325 g/mol. The van der Waals surface area contributed by atoms with Crippen LogP contribution in [0.15, 0.2) is 42.5 Å². The fourth-order valence-corrected chi connectivity index (χ4v) is 2.37. The predicted molar refractivity (Wildman–Crippen MR) is 83.3 cm³/mol. The molecule has 1 amide bonds. The van der Waals surface area contributed by atoms with Crippen LogP contribution >= 0.6 is 23.2 Å². The van der Waals surface area contributed by atoms with Gasteiger partial charge in [0.05, 0.1) is 16.5 Å². The van der Waals surface area contributed by atoms with E-state index in [4.69, 9.17) is 33.8 Å². The van der Waals surface area contributed by atoms with E-state index in [1.54, 1.807) is 18.2 Å². The molecule has 0 aliphatic heterocycles. The van der Waals surface area contributed by atoms with Gasteiger partial charge in [0, 0.05) is 0 Å². The van der Waals surface area contributed by atoms with Crippen LogP contribution < -0.4 is 16.0 Å². The molecule has 2 aromatic rings. The number of nitrogens with two attached hydrogens (primary N) is 1. The monoisotopic (exact) mass is 324 g/mol. The molecule has 0 saturated carbocycles. The molecular formula is C15H14Cl2N2O2. The molecule has 0 aromatic heterocycles. The summed E-state index contributed by atoms with van der Waals surface area (Å²) in [5, 5.41) is 0.888. The van der Waals surface area contributed by atoms with Gasteiger partial charge in [-0.15, -0.1) is 0 Å². The van der Waals surface area contributed by atoms with Crippen molar-refractivity contribution < 1.29 is 9.53 Å². The predicted octanol–water partition coefficient (Wildman–Crippen LogP) is 3.10. The van der Waals surface area contributed by atoms with Crippen LogP contribution in [0.3, 0.4) is 0 Å². The largest absolute Gasteiger partial charge is 0.486 e. The molecule has 0 bridgehead atoms. The second-order valence-corrected chi connectivity index (χ2v) is 5.17. The lowest BCUT2D eigenvalue weighted by molar-refractivity contribution is -0.120. The van der Waals surface area contributed by atoms with E-state index in [1.807, 2.05) is 24.3 Å². The van der Waals surface area contributed by atoms with Gasteiger partial charge in [-0.25, -0.2) is 5.84 Å². The summed E-state index contributed by atoms with van der Waals surface area (Å²) in [6.45, 7) is 0.261. The fraction of sp³-hybridized carbons (Fsp3) is 0.133. The number of halogens is 2. The molecule has 0 aliphatic rings. The van der Waals surface area contributed by atoms with E-state index in [2.05, 4.69) is 5.43 Å². The zero-order valence-electron chi connectivity index (χ0n) is 11.1. The molecule has 0 atom stereocenters. The van der Waals surface area contributed by atoms with Crippen LogP contribution in [0.25, 0.3) is 0 Å². The lowest BCUT2D eigenvalue weighted by atomic mass is 10.1. The van der Waals surface area contributed by atoms with Crippen LogP contribution in [-0.2, 0) is 17.8 Å². The number of rotatable bonds is 5. The Morgan fingerprint density at radius 1 is 1.05 bits per heavy atom. The Morgan fingerprint density at radius 3 is 2.29 bits per heavy atom. The van der Waals surface area contributed by atoms with E-state index in [1.165, 1.54) is 0 Å². The van der Waals surface area contributed by atoms with Crippen LogP contribution in [0.1, 0.15) is 11.1 Å². The van der Waals surface area contributed by atoms with Crippen molar-refractivity contribution >= 4 is 29.1 Å². The average Bonchev–Trinajstić information content (AvgIpc) is 2.48. The SMILES string of the molecule is NNC(=O)Cc1ccccc1COc1c(Cl)cccc1Cl. The lowest BCUT2D eigenvalue weighted by Crippen LogP contribution is -2.31. The van der Waals surface area contributed by atoms with Crippen LogP contribution in [0.2, 0.25) is 10.0 Å². The van der Waals surface area contributed by atoms with Gasteiger partial charge in [0.1, 0.15) is 6.61 Å². The highest BCUT2D eigenvalue weighted by Crippen LogP contribution is 2.33. The second kappa shape index (κ2) is 7.31. The number of ether oxygens (including phenoxy) is 1. The van der Waals surface area contributed by atoms with Crippen LogP contribution in [0, 0.1) is 0 Å². The fourth-order valence-electron chi connectivity index (χ4n) is 1.87. The molecule has 4 nitrogen and oxygen atoms in total. The van der Waals surface area contributed by atoms with E-state index < -0.39 is 0 Å². The number of carbonyl (C=O) groups excluding carboxylic acids is 1.